The minimum Gasteiger partial charge on any atom is -0.351 e. The fraction of sp³-hybridized carbons (Fsp3) is 0.120. The van der Waals surface area contributed by atoms with E-state index in [0.717, 1.165) is 22.6 Å². The van der Waals surface area contributed by atoms with Crippen LogP contribution in [0.1, 0.15) is 21.9 Å². The molecule has 0 saturated heterocycles. The molecular weight excluding hydrogens is 390 g/mol. The third kappa shape index (κ3) is 5.39. The number of benzene rings is 3. The van der Waals surface area contributed by atoms with Crippen LogP contribution in [0.15, 0.2) is 108 Å². The number of aromatic nitrogens is 2. The molecule has 0 saturated carbocycles. The van der Waals surface area contributed by atoms with Crippen molar-refractivity contribution in [2.24, 2.45) is 0 Å². The molecular formula is C25H23N3OS. The second-order valence-electron chi connectivity index (χ2n) is 6.96. The van der Waals surface area contributed by atoms with E-state index in [1.165, 1.54) is 5.56 Å². The van der Waals surface area contributed by atoms with E-state index >= 15 is 0 Å². The summed E-state index contributed by atoms with van der Waals surface area (Å²) in [5.74, 6) is 0.00988. The molecule has 1 aromatic heterocycles. The van der Waals surface area contributed by atoms with Crippen LogP contribution in [0.4, 0.5) is 0 Å². The molecule has 4 nitrogen and oxygen atoms in total. The van der Waals surface area contributed by atoms with Crippen LogP contribution in [0.3, 0.4) is 0 Å². The van der Waals surface area contributed by atoms with Crippen LogP contribution in [0.25, 0.3) is 0 Å². The van der Waals surface area contributed by atoms with Gasteiger partial charge in [0.1, 0.15) is 5.25 Å². The second kappa shape index (κ2) is 9.94. The van der Waals surface area contributed by atoms with Crippen molar-refractivity contribution in [3.8, 4) is 0 Å². The van der Waals surface area contributed by atoms with Gasteiger partial charge in [-0.1, -0.05) is 72.8 Å². The molecule has 1 N–H and O–H groups in total. The van der Waals surface area contributed by atoms with Gasteiger partial charge in [0.25, 0.3) is 0 Å². The summed E-state index contributed by atoms with van der Waals surface area (Å²) in [5, 5.41) is 7.04. The topological polar surface area (TPSA) is 46.9 Å². The number of nitrogens with one attached hydrogen (secondary N) is 1. The van der Waals surface area contributed by atoms with Crippen LogP contribution >= 0.6 is 11.8 Å². The molecule has 0 aliphatic heterocycles. The first-order chi connectivity index (χ1) is 14.8. The first kappa shape index (κ1) is 20.0. The van der Waals surface area contributed by atoms with Gasteiger partial charge in [0.15, 0.2) is 0 Å². The highest BCUT2D eigenvalue weighted by atomic mass is 32.2. The number of carbonyl (C=O) groups is 1. The third-order valence-corrected chi connectivity index (χ3v) is 6.00. The average molecular weight is 414 g/mol. The number of nitrogens with zero attached hydrogens (tertiary/aromatic N) is 2. The molecule has 150 valence electrons. The lowest BCUT2D eigenvalue weighted by molar-refractivity contribution is -0.120. The standard InChI is InChI=1S/C25H23N3OS/c29-25(24(22-8-3-1-4-9-22)30-23-10-5-2-6-11-23)26-18-20-12-14-21(15-13-20)19-28-17-7-16-27-28/h1-17,24H,18-19H2,(H,26,29)/t24-/m1/s1. The van der Waals surface area contributed by atoms with Gasteiger partial charge >= 0.3 is 0 Å². The van der Waals surface area contributed by atoms with Gasteiger partial charge in [0, 0.05) is 23.8 Å². The van der Waals surface area contributed by atoms with Crippen molar-refractivity contribution in [2.75, 3.05) is 0 Å². The Morgan fingerprint density at radius 1 is 0.867 bits per heavy atom. The zero-order valence-corrected chi connectivity index (χ0v) is 17.3. The predicted octanol–water partition coefficient (Wildman–Crippen LogP) is 5.08. The zero-order valence-electron chi connectivity index (χ0n) is 16.5. The summed E-state index contributed by atoms with van der Waals surface area (Å²) in [5.41, 5.74) is 3.25. The molecule has 3 aromatic carbocycles. The summed E-state index contributed by atoms with van der Waals surface area (Å²) >= 11 is 1.57. The maximum Gasteiger partial charge on any atom is 0.238 e. The van der Waals surface area contributed by atoms with Crippen LogP contribution in [0.2, 0.25) is 0 Å². The average Bonchev–Trinajstić information content (AvgIpc) is 3.31. The molecule has 5 heteroatoms. The molecule has 1 atom stereocenters. The number of hydrogen-bond donors (Lipinski definition) is 1. The number of rotatable bonds is 8. The van der Waals surface area contributed by atoms with E-state index in [4.69, 9.17) is 0 Å². The molecule has 1 heterocycles. The van der Waals surface area contributed by atoms with E-state index in [9.17, 15) is 4.79 Å². The summed E-state index contributed by atoms with van der Waals surface area (Å²) < 4.78 is 1.89. The van der Waals surface area contributed by atoms with E-state index < -0.39 is 0 Å². The fourth-order valence-electron chi connectivity index (χ4n) is 3.16. The van der Waals surface area contributed by atoms with Gasteiger partial charge in [-0.25, -0.2) is 0 Å². The summed E-state index contributed by atoms with van der Waals surface area (Å²) in [6, 6.07) is 30.1. The van der Waals surface area contributed by atoms with Crippen molar-refractivity contribution in [2.45, 2.75) is 23.2 Å². The van der Waals surface area contributed by atoms with Gasteiger partial charge in [-0.05, 0) is 34.9 Å². The largest absolute Gasteiger partial charge is 0.351 e. The number of thioether (sulfide) groups is 1. The number of amides is 1. The minimum atomic E-state index is -0.298. The Morgan fingerprint density at radius 2 is 1.53 bits per heavy atom. The molecule has 0 radical (unpaired) electrons. The fourth-order valence-corrected chi connectivity index (χ4v) is 4.23. The van der Waals surface area contributed by atoms with Crippen LogP contribution < -0.4 is 5.32 Å². The lowest BCUT2D eigenvalue weighted by atomic mass is 10.1. The van der Waals surface area contributed by atoms with Crippen molar-refractivity contribution < 1.29 is 4.79 Å². The Hall–Kier alpha value is -3.31. The van der Waals surface area contributed by atoms with Gasteiger partial charge in [-0.3, -0.25) is 9.48 Å². The molecule has 0 unspecified atom stereocenters. The van der Waals surface area contributed by atoms with Gasteiger partial charge in [-0.2, -0.15) is 5.10 Å². The van der Waals surface area contributed by atoms with E-state index in [-0.39, 0.29) is 11.2 Å². The molecule has 30 heavy (non-hydrogen) atoms. The molecule has 4 aromatic rings. The Morgan fingerprint density at radius 3 is 2.20 bits per heavy atom. The van der Waals surface area contributed by atoms with Crippen molar-refractivity contribution in [3.63, 3.8) is 0 Å². The summed E-state index contributed by atoms with van der Waals surface area (Å²) in [6.45, 7) is 1.24. The van der Waals surface area contributed by atoms with Crippen molar-refractivity contribution >= 4 is 17.7 Å². The minimum absolute atomic E-state index is 0.00988. The Labute approximate surface area is 181 Å². The van der Waals surface area contributed by atoms with Crippen molar-refractivity contribution in [1.82, 2.24) is 15.1 Å². The van der Waals surface area contributed by atoms with Crippen molar-refractivity contribution in [3.05, 3.63) is 120 Å². The van der Waals surface area contributed by atoms with E-state index in [0.29, 0.717) is 6.54 Å². The maximum absolute atomic E-state index is 13.1. The normalized spacial score (nSPS) is 11.7. The zero-order chi connectivity index (χ0) is 20.6. The molecule has 0 fully saturated rings. The molecule has 0 bridgehead atoms. The number of hydrogen-bond acceptors (Lipinski definition) is 3. The maximum atomic E-state index is 13.1. The van der Waals surface area contributed by atoms with Crippen molar-refractivity contribution in [1.29, 1.82) is 0 Å². The Bertz CT molecular complexity index is 1050. The quantitative estimate of drug-likeness (QED) is 0.410. The predicted molar refractivity (Wildman–Crippen MR) is 121 cm³/mol. The van der Waals surface area contributed by atoms with E-state index in [1.807, 2.05) is 77.6 Å². The second-order valence-corrected chi connectivity index (χ2v) is 8.14. The molecule has 0 aliphatic carbocycles. The summed E-state index contributed by atoms with van der Waals surface area (Å²) in [6.07, 6.45) is 3.72. The van der Waals surface area contributed by atoms with E-state index in [2.05, 4.69) is 34.7 Å². The van der Waals surface area contributed by atoms with Crippen LogP contribution in [0, 0.1) is 0 Å². The lowest BCUT2D eigenvalue weighted by Crippen LogP contribution is -2.27. The van der Waals surface area contributed by atoms with Gasteiger partial charge in [0.2, 0.25) is 5.91 Å². The smallest absolute Gasteiger partial charge is 0.238 e. The summed E-state index contributed by atoms with van der Waals surface area (Å²) in [4.78, 5) is 14.1. The first-order valence-corrected chi connectivity index (χ1v) is 10.8. The van der Waals surface area contributed by atoms with Gasteiger partial charge in [-0.15, -0.1) is 11.8 Å². The van der Waals surface area contributed by atoms with Gasteiger partial charge in [0.05, 0.1) is 6.54 Å². The highest BCUT2D eigenvalue weighted by Gasteiger charge is 2.21. The van der Waals surface area contributed by atoms with Crippen LogP contribution in [0.5, 0.6) is 0 Å². The molecule has 0 spiro atoms. The van der Waals surface area contributed by atoms with Crippen LogP contribution in [-0.2, 0) is 17.9 Å². The van der Waals surface area contributed by atoms with E-state index in [1.54, 1.807) is 18.0 Å². The molecule has 0 aliphatic rings. The Kier molecular flexibility index (Phi) is 6.62. The molecule has 1 amide bonds. The monoisotopic (exact) mass is 413 g/mol. The number of carbonyl (C=O) groups excluding carboxylic acids is 1. The van der Waals surface area contributed by atoms with Crippen LogP contribution in [-0.4, -0.2) is 15.7 Å². The lowest BCUT2D eigenvalue weighted by Gasteiger charge is -2.17. The highest BCUT2D eigenvalue weighted by molar-refractivity contribution is 8.00. The third-order valence-electron chi connectivity index (χ3n) is 4.73. The first-order valence-electron chi connectivity index (χ1n) is 9.87. The summed E-state index contributed by atoms with van der Waals surface area (Å²) in [7, 11) is 0. The molecule has 4 rings (SSSR count). The highest BCUT2D eigenvalue weighted by Crippen LogP contribution is 2.35. The Balaban J connectivity index is 1.41. The van der Waals surface area contributed by atoms with Gasteiger partial charge < -0.3 is 5.32 Å². The SMILES string of the molecule is O=C(NCc1ccc(Cn2cccn2)cc1)[C@H](Sc1ccccc1)c1ccccc1.